The number of hydrogen-bond donors (Lipinski definition) is 0. The zero-order valence-electron chi connectivity index (χ0n) is 17.8. The quantitative estimate of drug-likeness (QED) is 0.423. The number of carbonyl (C=O) groups excluding carboxylic acids is 1. The molecule has 0 bridgehead atoms. The van der Waals surface area contributed by atoms with Crippen LogP contribution in [0.4, 0.5) is 5.13 Å². The number of aromatic nitrogens is 1. The fourth-order valence-corrected chi connectivity index (χ4v) is 4.59. The zero-order valence-corrected chi connectivity index (χ0v) is 18.6. The van der Waals surface area contributed by atoms with Crippen LogP contribution in [0.5, 0.6) is 5.75 Å². The van der Waals surface area contributed by atoms with Gasteiger partial charge in [0.1, 0.15) is 5.75 Å². The van der Waals surface area contributed by atoms with Crippen molar-refractivity contribution in [2.45, 2.75) is 38.8 Å². The summed E-state index contributed by atoms with van der Waals surface area (Å²) in [5.74, 6) is 0.814. The molecule has 2 aromatic carbocycles. The predicted octanol–water partition coefficient (Wildman–Crippen LogP) is 4.81. The lowest BCUT2D eigenvalue weighted by Crippen LogP contribution is -2.31. The number of rotatable bonds is 10. The third-order valence-corrected chi connectivity index (χ3v) is 6.20. The van der Waals surface area contributed by atoms with Crippen LogP contribution in [0.15, 0.2) is 48.5 Å². The van der Waals surface area contributed by atoms with Gasteiger partial charge < -0.3 is 14.2 Å². The second-order valence-corrected chi connectivity index (χ2v) is 8.49. The van der Waals surface area contributed by atoms with Crippen LogP contribution in [0, 0.1) is 0 Å². The van der Waals surface area contributed by atoms with E-state index in [1.165, 1.54) is 11.3 Å². The van der Waals surface area contributed by atoms with Crippen molar-refractivity contribution in [3.05, 3.63) is 54.1 Å². The largest absolute Gasteiger partial charge is 0.494 e. The SMILES string of the molecule is CCOc1ccc2nc(N(Cc3ccccc3)C(=O)CCOCC3CCCO3)sc2c1. The van der Waals surface area contributed by atoms with Crippen LogP contribution in [0.25, 0.3) is 10.2 Å². The second-order valence-electron chi connectivity index (χ2n) is 7.48. The maximum Gasteiger partial charge on any atom is 0.231 e. The molecule has 7 heteroatoms. The first-order valence-electron chi connectivity index (χ1n) is 10.8. The first-order valence-corrected chi connectivity index (χ1v) is 11.6. The Morgan fingerprint density at radius 2 is 2.13 bits per heavy atom. The lowest BCUT2D eigenvalue weighted by molar-refractivity contribution is -0.120. The summed E-state index contributed by atoms with van der Waals surface area (Å²) in [6.07, 6.45) is 2.59. The average Bonchev–Trinajstić information content (AvgIpc) is 3.45. The Kier molecular flexibility index (Phi) is 7.51. The molecule has 1 saturated heterocycles. The third-order valence-electron chi connectivity index (χ3n) is 5.16. The standard InChI is InChI=1S/C24H28N2O4S/c1-2-29-19-10-11-21-22(15-19)31-24(25-21)26(16-18-7-4-3-5-8-18)23(27)12-14-28-17-20-9-6-13-30-20/h3-5,7-8,10-11,15,20H,2,6,9,12-14,16-17H2,1H3. The molecule has 1 fully saturated rings. The molecule has 0 radical (unpaired) electrons. The average molecular weight is 441 g/mol. The lowest BCUT2D eigenvalue weighted by atomic mass is 10.2. The van der Waals surface area contributed by atoms with Gasteiger partial charge in [0.05, 0.1) is 49.1 Å². The molecular weight excluding hydrogens is 412 g/mol. The Morgan fingerprint density at radius 3 is 2.90 bits per heavy atom. The first-order chi connectivity index (χ1) is 15.2. The zero-order chi connectivity index (χ0) is 21.5. The fourth-order valence-electron chi connectivity index (χ4n) is 3.58. The number of hydrogen-bond acceptors (Lipinski definition) is 6. The minimum atomic E-state index is 0.000260. The molecule has 1 aromatic heterocycles. The number of carbonyl (C=O) groups is 1. The molecular formula is C24H28N2O4S. The number of nitrogens with zero attached hydrogens (tertiary/aromatic N) is 2. The van der Waals surface area contributed by atoms with Gasteiger partial charge in [-0.1, -0.05) is 41.7 Å². The number of ether oxygens (including phenoxy) is 3. The Balaban J connectivity index is 1.48. The minimum Gasteiger partial charge on any atom is -0.494 e. The number of thiazole rings is 1. The van der Waals surface area contributed by atoms with Gasteiger partial charge in [0.25, 0.3) is 0 Å². The van der Waals surface area contributed by atoms with Crippen LogP contribution < -0.4 is 9.64 Å². The van der Waals surface area contributed by atoms with E-state index in [2.05, 4.69) is 0 Å². The smallest absolute Gasteiger partial charge is 0.231 e. The molecule has 6 nitrogen and oxygen atoms in total. The highest BCUT2D eigenvalue weighted by atomic mass is 32.1. The number of amides is 1. The van der Waals surface area contributed by atoms with Crippen LogP contribution in [-0.4, -0.2) is 43.4 Å². The van der Waals surface area contributed by atoms with Crippen molar-refractivity contribution >= 4 is 32.6 Å². The molecule has 0 aliphatic carbocycles. The fraction of sp³-hybridized carbons (Fsp3) is 0.417. The highest BCUT2D eigenvalue weighted by molar-refractivity contribution is 7.22. The van der Waals surface area contributed by atoms with Crippen molar-refractivity contribution in [1.82, 2.24) is 4.98 Å². The van der Waals surface area contributed by atoms with E-state index >= 15 is 0 Å². The summed E-state index contributed by atoms with van der Waals surface area (Å²) in [6.45, 7) is 4.78. The minimum absolute atomic E-state index is 0.000260. The van der Waals surface area contributed by atoms with Crippen LogP contribution >= 0.6 is 11.3 Å². The molecule has 0 N–H and O–H groups in total. The van der Waals surface area contributed by atoms with Gasteiger partial charge in [-0.3, -0.25) is 9.69 Å². The van der Waals surface area contributed by atoms with Crippen LogP contribution in [0.1, 0.15) is 31.7 Å². The van der Waals surface area contributed by atoms with Crippen molar-refractivity contribution in [2.24, 2.45) is 0 Å². The van der Waals surface area contributed by atoms with Gasteiger partial charge in [-0.15, -0.1) is 0 Å². The molecule has 31 heavy (non-hydrogen) atoms. The molecule has 2 heterocycles. The number of benzene rings is 2. The van der Waals surface area contributed by atoms with Crippen LogP contribution in [-0.2, 0) is 20.8 Å². The summed E-state index contributed by atoms with van der Waals surface area (Å²) < 4.78 is 17.9. The van der Waals surface area contributed by atoms with Gasteiger partial charge in [0, 0.05) is 6.61 Å². The molecule has 3 aromatic rings. The molecule has 1 atom stereocenters. The maximum absolute atomic E-state index is 13.1. The van der Waals surface area contributed by atoms with Gasteiger partial charge in [-0.25, -0.2) is 4.98 Å². The van der Waals surface area contributed by atoms with Crippen molar-refractivity contribution in [3.8, 4) is 5.75 Å². The maximum atomic E-state index is 13.1. The molecule has 164 valence electrons. The van der Waals surface area contributed by atoms with Gasteiger partial charge in [-0.05, 0) is 43.5 Å². The van der Waals surface area contributed by atoms with E-state index in [0.717, 1.165) is 41.0 Å². The van der Waals surface area contributed by atoms with E-state index in [1.54, 1.807) is 4.90 Å². The Labute approximate surface area is 186 Å². The summed E-state index contributed by atoms with van der Waals surface area (Å²) in [7, 11) is 0. The molecule has 0 spiro atoms. The highest BCUT2D eigenvalue weighted by Crippen LogP contribution is 2.32. The van der Waals surface area contributed by atoms with Crippen molar-refractivity contribution in [3.63, 3.8) is 0 Å². The summed E-state index contributed by atoms with van der Waals surface area (Å²) in [4.78, 5) is 19.6. The van der Waals surface area contributed by atoms with Crippen LogP contribution in [0.3, 0.4) is 0 Å². The van der Waals surface area contributed by atoms with E-state index in [1.807, 2.05) is 55.5 Å². The molecule has 1 aliphatic heterocycles. The van der Waals surface area contributed by atoms with Crippen molar-refractivity contribution in [2.75, 3.05) is 31.3 Å². The summed E-state index contributed by atoms with van der Waals surface area (Å²) in [5.41, 5.74) is 1.93. The summed E-state index contributed by atoms with van der Waals surface area (Å²) in [6, 6.07) is 15.8. The topological polar surface area (TPSA) is 60.9 Å². The predicted molar refractivity (Wildman–Crippen MR) is 123 cm³/mol. The Morgan fingerprint density at radius 1 is 1.26 bits per heavy atom. The van der Waals surface area contributed by atoms with Gasteiger partial charge in [0.2, 0.25) is 5.91 Å². The van der Waals surface area contributed by atoms with E-state index < -0.39 is 0 Å². The number of fused-ring (bicyclic) bond motifs is 1. The first kappa shape index (κ1) is 21.7. The van der Waals surface area contributed by atoms with E-state index in [-0.39, 0.29) is 12.0 Å². The van der Waals surface area contributed by atoms with E-state index in [4.69, 9.17) is 19.2 Å². The summed E-state index contributed by atoms with van der Waals surface area (Å²) >= 11 is 1.51. The van der Waals surface area contributed by atoms with Gasteiger partial charge in [0.15, 0.2) is 5.13 Å². The van der Waals surface area contributed by atoms with E-state index in [9.17, 15) is 4.79 Å². The van der Waals surface area contributed by atoms with Crippen molar-refractivity contribution < 1.29 is 19.0 Å². The lowest BCUT2D eigenvalue weighted by Gasteiger charge is -2.20. The highest BCUT2D eigenvalue weighted by Gasteiger charge is 2.21. The Hall–Kier alpha value is -2.48. The Bertz CT molecular complexity index is 986. The third kappa shape index (κ3) is 5.81. The molecule has 1 unspecified atom stereocenters. The van der Waals surface area contributed by atoms with Gasteiger partial charge in [-0.2, -0.15) is 0 Å². The van der Waals surface area contributed by atoms with Gasteiger partial charge >= 0.3 is 0 Å². The molecule has 1 amide bonds. The van der Waals surface area contributed by atoms with Crippen molar-refractivity contribution in [1.29, 1.82) is 0 Å². The summed E-state index contributed by atoms with van der Waals surface area (Å²) in [5, 5.41) is 0.691. The number of anilines is 1. The van der Waals surface area contributed by atoms with Crippen LogP contribution in [0.2, 0.25) is 0 Å². The van der Waals surface area contributed by atoms with E-state index in [0.29, 0.717) is 37.9 Å². The monoisotopic (exact) mass is 440 g/mol. The molecule has 4 rings (SSSR count). The second kappa shape index (κ2) is 10.7. The molecule has 1 aliphatic rings. The normalized spacial score (nSPS) is 16.0. The molecule has 0 saturated carbocycles.